The highest BCUT2D eigenvalue weighted by Crippen LogP contribution is 2.09. The van der Waals surface area contributed by atoms with Gasteiger partial charge in [-0.05, 0) is 35.9 Å². The Labute approximate surface area is 184 Å². The van der Waals surface area contributed by atoms with Crippen LogP contribution in [0, 0.1) is 0 Å². The summed E-state index contributed by atoms with van der Waals surface area (Å²) < 4.78 is 1.23. The number of anilines is 1. The van der Waals surface area contributed by atoms with Gasteiger partial charge >= 0.3 is 0 Å². The molecule has 0 spiro atoms. The van der Waals surface area contributed by atoms with Crippen LogP contribution in [0.25, 0.3) is 0 Å². The normalized spacial score (nSPS) is 10.3. The third-order valence-corrected chi connectivity index (χ3v) is 4.44. The summed E-state index contributed by atoms with van der Waals surface area (Å²) in [5, 5.41) is 12.1. The molecular weight excluding hydrogens is 410 g/mol. The van der Waals surface area contributed by atoms with Gasteiger partial charge in [-0.3, -0.25) is 19.2 Å². The second kappa shape index (κ2) is 10.7. The number of nitrogens with one attached hydrogen (secondary N) is 3. The minimum atomic E-state index is -0.444. The van der Waals surface area contributed by atoms with Gasteiger partial charge in [-0.25, -0.2) is 4.68 Å². The van der Waals surface area contributed by atoms with Gasteiger partial charge in [0.15, 0.2) is 0 Å². The van der Waals surface area contributed by atoms with Crippen LogP contribution in [0.3, 0.4) is 0 Å². The fourth-order valence-electron chi connectivity index (χ4n) is 2.89. The molecule has 3 amide bonds. The van der Waals surface area contributed by atoms with Crippen LogP contribution in [0.4, 0.5) is 5.69 Å². The third kappa shape index (κ3) is 6.36. The van der Waals surface area contributed by atoms with Crippen molar-refractivity contribution in [3.8, 4) is 0 Å². The molecule has 0 saturated carbocycles. The SMILES string of the molecule is CC(=O)Nc1ccc(C(=O)NCCNC(=O)c2ccc(=O)n(Cc3ccccc3)n2)cc1. The zero-order chi connectivity index (χ0) is 22.9. The summed E-state index contributed by atoms with van der Waals surface area (Å²) in [6, 6.07) is 18.5. The fourth-order valence-corrected chi connectivity index (χ4v) is 2.89. The average Bonchev–Trinajstić information content (AvgIpc) is 2.78. The monoisotopic (exact) mass is 433 g/mol. The lowest BCUT2D eigenvalue weighted by atomic mass is 10.2. The zero-order valence-corrected chi connectivity index (χ0v) is 17.5. The molecule has 0 fully saturated rings. The Hall–Kier alpha value is -4.27. The highest BCUT2D eigenvalue weighted by atomic mass is 16.2. The summed E-state index contributed by atoms with van der Waals surface area (Å²) in [5.74, 6) is -0.938. The number of hydrogen-bond donors (Lipinski definition) is 3. The van der Waals surface area contributed by atoms with E-state index in [-0.39, 0.29) is 42.7 Å². The molecular formula is C23H23N5O4. The second-order valence-electron chi connectivity index (χ2n) is 6.97. The highest BCUT2D eigenvalue weighted by molar-refractivity contribution is 5.95. The zero-order valence-electron chi connectivity index (χ0n) is 17.5. The summed E-state index contributed by atoms with van der Waals surface area (Å²) >= 11 is 0. The van der Waals surface area contributed by atoms with E-state index in [1.54, 1.807) is 24.3 Å². The maximum absolute atomic E-state index is 12.4. The minimum absolute atomic E-state index is 0.111. The van der Waals surface area contributed by atoms with Crippen molar-refractivity contribution in [1.29, 1.82) is 0 Å². The summed E-state index contributed by atoms with van der Waals surface area (Å²) in [5.41, 5.74) is 1.73. The molecule has 0 saturated heterocycles. The fraction of sp³-hybridized carbons (Fsp3) is 0.174. The first-order valence-corrected chi connectivity index (χ1v) is 9.98. The minimum Gasteiger partial charge on any atom is -0.350 e. The quantitative estimate of drug-likeness (QED) is 0.464. The number of amides is 3. The van der Waals surface area contributed by atoms with Crippen molar-refractivity contribution in [1.82, 2.24) is 20.4 Å². The van der Waals surface area contributed by atoms with Gasteiger partial charge in [0.2, 0.25) is 5.91 Å². The van der Waals surface area contributed by atoms with E-state index >= 15 is 0 Å². The van der Waals surface area contributed by atoms with Crippen LogP contribution in [0.5, 0.6) is 0 Å². The van der Waals surface area contributed by atoms with E-state index < -0.39 is 5.91 Å². The molecule has 164 valence electrons. The van der Waals surface area contributed by atoms with E-state index in [1.807, 2.05) is 30.3 Å². The largest absolute Gasteiger partial charge is 0.350 e. The number of hydrogen-bond acceptors (Lipinski definition) is 5. The first-order chi connectivity index (χ1) is 15.4. The smallest absolute Gasteiger partial charge is 0.271 e. The van der Waals surface area contributed by atoms with Crippen molar-refractivity contribution in [3.05, 3.63) is 93.9 Å². The van der Waals surface area contributed by atoms with E-state index in [9.17, 15) is 19.2 Å². The number of carbonyl (C=O) groups excluding carboxylic acids is 3. The Balaban J connectivity index is 1.49. The van der Waals surface area contributed by atoms with E-state index in [0.29, 0.717) is 11.3 Å². The lowest BCUT2D eigenvalue weighted by Crippen LogP contribution is -2.36. The lowest BCUT2D eigenvalue weighted by Gasteiger charge is -2.09. The topological polar surface area (TPSA) is 122 Å². The number of benzene rings is 2. The van der Waals surface area contributed by atoms with Crippen LogP contribution in [0.2, 0.25) is 0 Å². The number of aromatic nitrogens is 2. The van der Waals surface area contributed by atoms with Crippen molar-refractivity contribution < 1.29 is 14.4 Å². The molecule has 0 bridgehead atoms. The molecule has 3 N–H and O–H groups in total. The van der Waals surface area contributed by atoms with Gasteiger partial charge in [0.25, 0.3) is 17.4 Å². The first kappa shape index (κ1) is 22.4. The highest BCUT2D eigenvalue weighted by Gasteiger charge is 2.10. The van der Waals surface area contributed by atoms with Crippen molar-refractivity contribution in [2.45, 2.75) is 13.5 Å². The predicted molar refractivity (Wildman–Crippen MR) is 119 cm³/mol. The second-order valence-corrected chi connectivity index (χ2v) is 6.97. The molecule has 0 aliphatic carbocycles. The number of carbonyl (C=O) groups is 3. The Morgan fingerprint density at radius 1 is 0.844 bits per heavy atom. The van der Waals surface area contributed by atoms with Gasteiger partial charge in [0.05, 0.1) is 6.54 Å². The molecule has 32 heavy (non-hydrogen) atoms. The maximum Gasteiger partial charge on any atom is 0.271 e. The van der Waals surface area contributed by atoms with E-state index in [0.717, 1.165) is 5.56 Å². The molecule has 3 rings (SSSR count). The van der Waals surface area contributed by atoms with Crippen molar-refractivity contribution in [2.75, 3.05) is 18.4 Å². The average molecular weight is 433 g/mol. The van der Waals surface area contributed by atoms with Crippen LogP contribution in [-0.4, -0.2) is 40.6 Å². The molecule has 9 nitrogen and oxygen atoms in total. The van der Waals surface area contributed by atoms with Crippen LogP contribution < -0.4 is 21.5 Å². The third-order valence-electron chi connectivity index (χ3n) is 4.44. The Morgan fingerprint density at radius 2 is 1.50 bits per heavy atom. The number of rotatable bonds is 8. The van der Waals surface area contributed by atoms with Crippen molar-refractivity contribution in [2.24, 2.45) is 0 Å². The molecule has 0 aliphatic rings. The van der Waals surface area contributed by atoms with E-state index in [4.69, 9.17) is 0 Å². The molecule has 9 heteroatoms. The molecule has 0 radical (unpaired) electrons. The van der Waals surface area contributed by atoms with Crippen LogP contribution >= 0.6 is 0 Å². The van der Waals surface area contributed by atoms with Gasteiger partial charge in [-0.15, -0.1) is 0 Å². The van der Waals surface area contributed by atoms with Crippen molar-refractivity contribution >= 4 is 23.4 Å². The van der Waals surface area contributed by atoms with E-state index in [2.05, 4.69) is 21.0 Å². The van der Waals surface area contributed by atoms with Gasteiger partial charge in [0.1, 0.15) is 5.69 Å². The Kier molecular flexibility index (Phi) is 7.47. The molecule has 3 aromatic rings. The molecule has 1 heterocycles. The standard InChI is InChI=1S/C23H23N5O4/c1-16(29)26-19-9-7-18(8-10-19)22(31)24-13-14-25-23(32)20-11-12-21(30)28(27-20)15-17-5-3-2-4-6-17/h2-12H,13-15H2,1H3,(H,24,31)(H,25,32)(H,26,29). The van der Waals surface area contributed by atoms with E-state index in [1.165, 1.54) is 23.7 Å². The van der Waals surface area contributed by atoms with Crippen LogP contribution in [0.1, 0.15) is 33.3 Å². The molecule has 0 atom stereocenters. The Bertz CT molecular complexity index is 1160. The summed E-state index contributed by atoms with van der Waals surface area (Å²) in [6.07, 6.45) is 0. The van der Waals surface area contributed by atoms with Gasteiger partial charge < -0.3 is 16.0 Å². The molecule has 1 aromatic heterocycles. The van der Waals surface area contributed by atoms with Gasteiger partial charge in [-0.1, -0.05) is 30.3 Å². The van der Waals surface area contributed by atoms with Crippen LogP contribution in [0.15, 0.2) is 71.5 Å². The summed E-state index contributed by atoms with van der Waals surface area (Å²) in [4.78, 5) is 47.6. The molecule has 0 unspecified atom stereocenters. The first-order valence-electron chi connectivity index (χ1n) is 9.98. The number of nitrogens with zero attached hydrogens (tertiary/aromatic N) is 2. The molecule has 2 aromatic carbocycles. The predicted octanol–water partition coefficient (Wildman–Crippen LogP) is 1.41. The maximum atomic E-state index is 12.4. The Morgan fingerprint density at radius 3 is 2.16 bits per heavy atom. The summed E-state index contributed by atoms with van der Waals surface area (Å²) in [6.45, 7) is 2.07. The lowest BCUT2D eigenvalue weighted by molar-refractivity contribution is -0.114. The summed E-state index contributed by atoms with van der Waals surface area (Å²) in [7, 11) is 0. The van der Waals surface area contributed by atoms with Gasteiger partial charge in [0, 0.05) is 37.3 Å². The van der Waals surface area contributed by atoms with Crippen LogP contribution in [-0.2, 0) is 11.3 Å². The van der Waals surface area contributed by atoms with Gasteiger partial charge in [-0.2, -0.15) is 5.10 Å². The van der Waals surface area contributed by atoms with Crippen molar-refractivity contribution in [3.63, 3.8) is 0 Å². The molecule has 0 aliphatic heterocycles.